The summed E-state index contributed by atoms with van der Waals surface area (Å²) in [7, 11) is 0. The van der Waals surface area contributed by atoms with Gasteiger partial charge in [-0.1, -0.05) is 29.8 Å². The van der Waals surface area contributed by atoms with Crippen molar-refractivity contribution in [2.45, 2.75) is 25.3 Å². The first-order valence-corrected chi connectivity index (χ1v) is 7.75. The van der Waals surface area contributed by atoms with Gasteiger partial charge < -0.3 is 5.32 Å². The summed E-state index contributed by atoms with van der Waals surface area (Å²) in [6, 6.07) is 8.64. The van der Waals surface area contributed by atoms with Crippen LogP contribution >= 0.6 is 11.6 Å². The highest BCUT2D eigenvalue weighted by Crippen LogP contribution is 2.51. The second-order valence-corrected chi connectivity index (χ2v) is 6.39. The van der Waals surface area contributed by atoms with E-state index in [2.05, 4.69) is 41.5 Å². The van der Waals surface area contributed by atoms with Crippen molar-refractivity contribution in [3.8, 4) is 0 Å². The number of aryl methyl sites for hydroxylation is 1. The molecule has 1 aliphatic carbocycles. The minimum Gasteiger partial charge on any atom is -0.377 e. The van der Waals surface area contributed by atoms with E-state index in [-0.39, 0.29) is 0 Å². The van der Waals surface area contributed by atoms with Crippen molar-refractivity contribution in [3.05, 3.63) is 70.5 Å². The molecule has 106 valence electrons. The SMILES string of the molecule is Cc1cc(Cl)cc2c1N[C@H](c1cccnc1)[C@H]1CC=C[C@@H]21. The van der Waals surface area contributed by atoms with Crippen LogP contribution in [0.4, 0.5) is 5.69 Å². The van der Waals surface area contributed by atoms with E-state index in [0.29, 0.717) is 17.9 Å². The first kappa shape index (κ1) is 12.9. The van der Waals surface area contributed by atoms with Gasteiger partial charge in [-0.05, 0) is 54.2 Å². The average Bonchev–Trinajstić information content (AvgIpc) is 2.97. The van der Waals surface area contributed by atoms with Crippen molar-refractivity contribution in [2.75, 3.05) is 5.32 Å². The number of rotatable bonds is 1. The zero-order valence-corrected chi connectivity index (χ0v) is 12.6. The Morgan fingerprint density at radius 3 is 3.05 bits per heavy atom. The number of nitrogens with one attached hydrogen (secondary N) is 1. The van der Waals surface area contributed by atoms with Crippen molar-refractivity contribution in [3.63, 3.8) is 0 Å². The quantitative estimate of drug-likeness (QED) is 0.759. The van der Waals surface area contributed by atoms with Crippen LogP contribution in [0.5, 0.6) is 0 Å². The topological polar surface area (TPSA) is 24.9 Å². The van der Waals surface area contributed by atoms with Gasteiger partial charge in [-0.25, -0.2) is 0 Å². The molecule has 0 bridgehead atoms. The highest BCUT2D eigenvalue weighted by atomic mass is 35.5. The highest BCUT2D eigenvalue weighted by molar-refractivity contribution is 6.30. The van der Waals surface area contributed by atoms with Crippen LogP contribution in [0.25, 0.3) is 0 Å². The fraction of sp³-hybridized carbons (Fsp3) is 0.278. The van der Waals surface area contributed by atoms with Crippen molar-refractivity contribution in [2.24, 2.45) is 5.92 Å². The number of nitrogens with zero attached hydrogens (tertiary/aromatic N) is 1. The number of aromatic nitrogens is 1. The van der Waals surface area contributed by atoms with E-state index in [1.54, 1.807) is 0 Å². The van der Waals surface area contributed by atoms with Crippen LogP contribution in [-0.4, -0.2) is 4.98 Å². The number of halogens is 1. The maximum Gasteiger partial charge on any atom is 0.0569 e. The van der Waals surface area contributed by atoms with Gasteiger partial charge in [-0.3, -0.25) is 4.98 Å². The smallest absolute Gasteiger partial charge is 0.0569 e. The van der Waals surface area contributed by atoms with E-state index in [1.165, 1.54) is 22.4 Å². The molecule has 0 unspecified atom stereocenters. The summed E-state index contributed by atoms with van der Waals surface area (Å²) in [5.41, 5.74) is 5.04. The summed E-state index contributed by atoms with van der Waals surface area (Å²) in [5.74, 6) is 0.989. The lowest BCUT2D eigenvalue weighted by Gasteiger charge is -2.38. The van der Waals surface area contributed by atoms with Gasteiger partial charge in [0, 0.05) is 29.0 Å². The number of fused-ring (bicyclic) bond motifs is 3. The lowest BCUT2D eigenvalue weighted by atomic mass is 9.76. The Bertz CT molecular complexity index is 709. The normalized spacial score (nSPS) is 26.1. The van der Waals surface area contributed by atoms with Gasteiger partial charge in [-0.15, -0.1) is 0 Å². The lowest BCUT2D eigenvalue weighted by Crippen LogP contribution is -2.29. The third-order valence-corrected chi connectivity index (χ3v) is 4.89. The van der Waals surface area contributed by atoms with Crippen molar-refractivity contribution >= 4 is 17.3 Å². The molecular formula is C18H17ClN2. The van der Waals surface area contributed by atoms with Crippen LogP contribution in [0, 0.1) is 12.8 Å². The molecule has 0 saturated heterocycles. The average molecular weight is 297 g/mol. The molecule has 2 aromatic rings. The summed E-state index contributed by atoms with van der Waals surface area (Å²) in [6.07, 6.45) is 9.54. The zero-order valence-electron chi connectivity index (χ0n) is 11.9. The Morgan fingerprint density at radius 1 is 1.33 bits per heavy atom. The van der Waals surface area contributed by atoms with E-state index >= 15 is 0 Å². The summed E-state index contributed by atoms with van der Waals surface area (Å²) >= 11 is 6.26. The lowest BCUT2D eigenvalue weighted by molar-refractivity contribution is 0.424. The fourth-order valence-corrected chi connectivity index (χ4v) is 4.01. The monoisotopic (exact) mass is 296 g/mol. The van der Waals surface area contributed by atoms with E-state index in [1.807, 2.05) is 24.5 Å². The molecule has 0 amide bonds. The van der Waals surface area contributed by atoms with Crippen LogP contribution in [0.1, 0.15) is 35.1 Å². The summed E-state index contributed by atoms with van der Waals surface area (Å²) < 4.78 is 0. The third kappa shape index (κ3) is 2.06. The highest BCUT2D eigenvalue weighted by Gasteiger charge is 2.38. The van der Waals surface area contributed by atoms with Gasteiger partial charge in [0.05, 0.1) is 6.04 Å². The Morgan fingerprint density at radius 2 is 2.24 bits per heavy atom. The molecule has 1 aromatic carbocycles. The van der Waals surface area contributed by atoms with Gasteiger partial charge in [0.1, 0.15) is 0 Å². The molecule has 4 rings (SSSR count). The van der Waals surface area contributed by atoms with Crippen LogP contribution in [0.15, 0.2) is 48.8 Å². The van der Waals surface area contributed by atoms with Gasteiger partial charge in [-0.2, -0.15) is 0 Å². The second kappa shape index (κ2) is 4.88. The van der Waals surface area contributed by atoms with Gasteiger partial charge in [0.2, 0.25) is 0 Å². The molecule has 3 heteroatoms. The number of pyridine rings is 1. The van der Waals surface area contributed by atoms with E-state index in [0.717, 1.165) is 11.4 Å². The van der Waals surface area contributed by atoms with Crippen molar-refractivity contribution in [1.29, 1.82) is 0 Å². The first-order chi connectivity index (χ1) is 10.2. The minimum atomic E-state index is 0.311. The van der Waals surface area contributed by atoms with E-state index in [4.69, 9.17) is 11.6 Å². The number of anilines is 1. The molecule has 2 heterocycles. The Kier molecular flexibility index (Phi) is 3.00. The molecule has 0 spiro atoms. The molecule has 2 aliphatic rings. The second-order valence-electron chi connectivity index (χ2n) is 5.95. The van der Waals surface area contributed by atoms with Crippen molar-refractivity contribution < 1.29 is 0 Å². The number of benzene rings is 1. The zero-order chi connectivity index (χ0) is 14.4. The number of allylic oxidation sites excluding steroid dienone is 2. The predicted octanol–water partition coefficient (Wildman–Crippen LogP) is 4.87. The van der Waals surface area contributed by atoms with Gasteiger partial charge >= 0.3 is 0 Å². The molecule has 1 aromatic heterocycles. The van der Waals surface area contributed by atoms with Crippen molar-refractivity contribution in [1.82, 2.24) is 4.98 Å². The van der Waals surface area contributed by atoms with E-state index in [9.17, 15) is 0 Å². The summed E-state index contributed by atoms with van der Waals surface area (Å²) in [4.78, 5) is 4.29. The van der Waals surface area contributed by atoms with Crippen LogP contribution in [-0.2, 0) is 0 Å². The largest absolute Gasteiger partial charge is 0.377 e. The molecule has 21 heavy (non-hydrogen) atoms. The maximum atomic E-state index is 6.26. The predicted molar refractivity (Wildman–Crippen MR) is 86.8 cm³/mol. The number of hydrogen-bond acceptors (Lipinski definition) is 2. The van der Waals surface area contributed by atoms with E-state index < -0.39 is 0 Å². The Balaban J connectivity index is 1.84. The Hall–Kier alpha value is -1.80. The van der Waals surface area contributed by atoms with Crippen LogP contribution in [0.2, 0.25) is 5.02 Å². The Labute approximate surface area is 129 Å². The third-order valence-electron chi connectivity index (χ3n) is 4.67. The number of hydrogen-bond donors (Lipinski definition) is 1. The molecule has 2 nitrogen and oxygen atoms in total. The molecule has 1 N–H and O–H groups in total. The molecule has 3 atom stereocenters. The molecule has 0 fully saturated rings. The summed E-state index contributed by atoms with van der Waals surface area (Å²) in [6.45, 7) is 2.12. The maximum absolute atomic E-state index is 6.26. The van der Waals surface area contributed by atoms with Gasteiger partial charge in [0.15, 0.2) is 0 Å². The summed E-state index contributed by atoms with van der Waals surface area (Å²) in [5, 5.41) is 4.57. The first-order valence-electron chi connectivity index (χ1n) is 7.37. The molecule has 0 saturated carbocycles. The van der Waals surface area contributed by atoms with Gasteiger partial charge in [0.25, 0.3) is 0 Å². The minimum absolute atomic E-state index is 0.311. The fourth-order valence-electron chi connectivity index (χ4n) is 3.73. The van der Waals surface area contributed by atoms with Crippen LogP contribution in [0.3, 0.4) is 0 Å². The molecule has 1 aliphatic heterocycles. The molecular weight excluding hydrogens is 280 g/mol. The standard InChI is InChI=1S/C18H17ClN2/c1-11-8-13(19)9-16-14-5-2-6-15(14)18(21-17(11)16)12-4-3-7-20-10-12/h2-5,7-10,14-15,18,21H,6H2,1H3/t14-,15+,18-/m1/s1. The van der Waals surface area contributed by atoms with Crippen LogP contribution < -0.4 is 5.32 Å². The molecule has 0 radical (unpaired) electrons.